The van der Waals surface area contributed by atoms with Gasteiger partial charge in [0.2, 0.25) is 11.1 Å². The lowest BCUT2D eigenvalue weighted by Gasteiger charge is -2.29. The summed E-state index contributed by atoms with van der Waals surface area (Å²) in [6.45, 7) is 7.75. The number of rotatable bonds is 8. The number of allylic oxidation sites excluding steroid dienone is 1. The minimum absolute atomic E-state index is 0.00214. The zero-order chi connectivity index (χ0) is 27.5. The van der Waals surface area contributed by atoms with Crippen LogP contribution in [0.3, 0.4) is 0 Å². The highest BCUT2D eigenvalue weighted by Gasteiger charge is 2.35. The van der Waals surface area contributed by atoms with Crippen molar-refractivity contribution in [2.45, 2.75) is 50.8 Å². The lowest BCUT2D eigenvalue weighted by atomic mass is 9.94. The Labute approximate surface area is 231 Å². The number of carbonyl (C=O) groups excluding carboxylic acids is 1. The van der Waals surface area contributed by atoms with Crippen LogP contribution >= 0.6 is 11.8 Å². The first-order chi connectivity index (χ1) is 18.8. The summed E-state index contributed by atoms with van der Waals surface area (Å²) in [5.74, 6) is 1.09. The average Bonchev–Trinajstić information content (AvgIpc) is 3.30. The fourth-order valence-electron chi connectivity index (χ4n) is 4.49. The minimum atomic E-state index is -0.559. The lowest BCUT2D eigenvalue weighted by molar-refractivity contribution is -0.113. The van der Waals surface area contributed by atoms with Gasteiger partial charge in [-0.05, 0) is 68.7 Å². The van der Waals surface area contributed by atoms with E-state index in [0.29, 0.717) is 39.4 Å². The van der Waals surface area contributed by atoms with E-state index in [4.69, 9.17) is 9.84 Å². The van der Waals surface area contributed by atoms with E-state index in [-0.39, 0.29) is 17.8 Å². The van der Waals surface area contributed by atoms with E-state index < -0.39 is 6.04 Å². The van der Waals surface area contributed by atoms with Crippen molar-refractivity contribution >= 4 is 29.3 Å². The fraction of sp³-hybridized carbons (Fsp3) is 0.233. The molecule has 9 heteroatoms. The zero-order valence-electron chi connectivity index (χ0n) is 22.2. The Balaban J connectivity index is 1.52. The van der Waals surface area contributed by atoms with E-state index in [1.54, 1.807) is 22.9 Å². The largest absolute Gasteiger partial charge is 0.491 e. The molecule has 1 aliphatic rings. The van der Waals surface area contributed by atoms with E-state index >= 15 is 0 Å². The number of hydrogen-bond donors (Lipinski definition) is 2. The van der Waals surface area contributed by atoms with Crippen LogP contribution in [0, 0.1) is 12.7 Å². The van der Waals surface area contributed by atoms with Gasteiger partial charge in [0.25, 0.3) is 5.91 Å². The van der Waals surface area contributed by atoms with Crippen LogP contribution in [-0.4, -0.2) is 26.8 Å². The number of carbonyl (C=O) groups is 1. The summed E-state index contributed by atoms with van der Waals surface area (Å²) in [7, 11) is 0. The molecule has 39 heavy (non-hydrogen) atoms. The van der Waals surface area contributed by atoms with Gasteiger partial charge in [-0.1, -0.05) is 60.3 Å². The summed E-state index contributed by atoms with van der Waals surface area (Å²) < 4.78 is 21.9. The minimum Gasteiger partial charge on any atom is -0.491 e. The van der Waals surface area contributed by atoms with E-state index in [0.717, 1.165) is 16.8 Å². The van der Waals surface area contributed by atoms with Crippen molar-refractivity contribution in [3.05, 3.63) is 107 Å². The maximum absolute atomic E-state index is 14.2. The third-order valence-electron chi connectivity index (χ3n) is 6.33. The van der Waals surface area contributed by atoms with Crippen molar-refractivity contribution in [3.63, 3.8) is 0 Å². The molecule has 7 nitrogen and oxygen atoms in total. The van der Waals surface area contributed by atoms with Crippen LogP contribution < -0.4 is 15.4 Å². The number of aromatic nitrogens is 3. The molecule has 2 N–H and O–H groups in total. The molecular weight excluding hydrogens is 513 g/mol. The monoisotopic (exact) mass is 543 g/mol. The lowest BCUT2D eigenvalue weighted by Crippen LogP contribution is -2.31. The Bertz CT molecular complexity index is 1550. The number of para-hydroxylation sites is 1. The number of halogens is 1. The molecule has 200 valence electrons. The predicted molar refractivity (Wildman–Crippen MR) is 152 cm³/mol. The number of aryl methyl sites for hydroxylation is 1. The van der Waals surface area contributed by atoms with Crippen molar-refractivity contribution in [2.24, 2.45) is 0 Å². The summed E-state index contributed by atoms with van der Waals surface area (Å²) in [5, 5.41) is 11.6. The molecule has 0 fully saturated rings. The van der Waals surface area contributed by atoms with E-state index in [9.17, 15) is 9.18 Å². The molecule has 0 spiro atoms. The molecule has 5 rings (SSSR count). The Morgan fingerprint density at radius 3 is 2.64 bits per heavy atom. The van der Waals surface area contributed by atoms with Gasteiger partial charge in [0, 0.05) is 17.1 Å². The SMILES string of the molecule is CC1=C(C(=O)Nc2ccccc2C)C(c2cccc(OC(C)C)c2)n2nc(SCc3ccccc3F)nc2N1. The highest BCUT2D eigenvalue weighted by molar-refractivity contribution is 7.98. The van der Waals surface area contributed by atoms with Crippen molar-refractivity contribution < 1.29 is 13.9 Å². The van der Waals surface area contributed by atoms with Crippen molar-refractivity contribution in [2.75, 3.05) is 10.6 Å². The first kappa shape index (κ1) is 26.5. The molecule has 4 aromatic rings. The smallest absolute Gasteiger partial charge is 0.255 e. The molecule has 3 aromatic carbocycles. The third kappa shape index (κ3) is 5.83. The van der Waals surface area contributed by atoms with Crippen LogP contribution in [0.25, 0.3) is 0 Å². The average molecular weight is 544 g/mol. The normalized spacial score (nSPS) is 14.7. The highest BCUT2D eigenvalue weighted by Crippen LogP contribution is 2.38. The predicted octanol–water partition coefficient (Wildman–Crippen LogP) is 6.73. The number of amides is 1. The first-order valence-corrected chi connectivity index (χ1v) is 13.7. The zero-order valence-corrected chi connectivity index (χ0v) is 23.1. The molecule has 0 aliphatic carbocycles. The molecule has 0 saturated heterocycles. The number of hydrogen-bond acceptors (Lipinski definition) is 6. The van der Waals surface area contributed by atoms with Gasteiger partial charge >= 0.3 is 0 Å². The van der Waals surface area contributed by atoms with E-state index in [1.807, 2.05) is 76.2 Å². The molecule has 1 amide bonds. The van der Waals surface area contributed by atoms with Gasteiger partial charge in [-0.2, -0.15) is 4.98 Å². The molecule has 1 atom stereocenters. The van der Waals surface area contributed by atoms with Crippen molar-refractivity contribution in [1.29, 1.82) is 0 Å². The van der Waals surface area contributed by atoms with E-state index in [1.165, 1.54) is 17.8 Å². The molecule has 0 saturated carbocycles. The van der Waals surface area contributed by atoms with Crippen LogP contribution in [0.2, 0.25) is 0 Å². The third-order valence-corrected chi connectivity index (χ3v) is 7.22. The number of thioether (sulfide) groups is 1. The number of fused-ring (bicyclic) bond motifs is 1. The van der Waals surface area contributed by atoms with Crippen LogP contribution in [0.15, 0.2) is 89.2 Å². The molecule has 1 unspecified atom stereocenters. The summed E-state index contributed by atoms with van der Waals surface area (Å²) in [6.07, 6.45) is -0.00214. The second kappa shape index (κ2) is 11.3. The summed E-state index contributed by atoms with van der Waals surface area (Å²) in [6, 6.07) is 21.5. The maximum atomic E-state index is 14.2. The maximum Gasteiger partial charge on any atom is 0.255 e. The summed E-state index contributed by atoms with van der Waals surface area (Å²) in [4.78, 5) is 18.5. The molecule has 1 aliphatic heterocycles. The topological polar surface area (TPSA) is 81.1 Å². The Kier molecular flexibility index (Phi) is 7.70. The van der Waals surface area contributed by atoms with Crippen LogP contribution in [0.5, 0.6) is 5.75 Å². The summed E-state index contributed by atoms with van der Waals surface area (Å²) in [5.41, 5.74) is 4.30. The Hall–Kier alpha value is -4.11. The van der Waals surface area contributed by atoms with Gasteiger partial charge in [0.15, 0.2) is 0 Å². The number of nitrogens with zero attached hydrogens (tertiary/aromatic N) is 3. The van der Waals surface area contributed by atoms with Gasteiger partial charge in [-0.15, -0.1) is 5.10 Å². The first-order valence-electron chi connectivity index (χ1n) is 12.7. The molecule has 0 bridgehead atoms. The molecule has 1 aromatic heterocycles. The molecular formula is C30H30FN5O2S. The second-order valence-electron chi connectivity index (χ2n) is 9.62. The van der Waals surface area contributed by atoms with Gasteiger partial charge in [0.1, 0.15) is 17.6 Å². The molecule has 0 radical (unpaired) electrons. The number of anilines is 2. The molecule has 2 heterocycles. The second-order valence-corrected chi connectivity index (χ2v) is 10.6. The standard InChI is InChI=1S/C30H30FN5O2S/c1-18(2)38-23-13-9-12-21(16-23)27-26(28(37)33-25-15-8-5-10-19(25)3)20(4)32-29-34-30(35-36(27)29)39-17-22-11-6-7-14-24(22)31/h5-16,18,27H,17H2,1-4H3,(H,33,37)(H,32,34,35). The number of nitrogens with one attached hydrogen (secondary N) is 2. The highest BCUT2D eigenvalue weighted by atomic mass is 32.2. The van der Waals surface area contributed by atoms with E-state index in [2.05, 4.69) is 15.6 Å². The number of ether oxygens (including phenoxy) is 1. The van der Waals surface area contributed by atoms with Crippen molar-refractivity contribution in [1.82, 2.24) is 14.8 Å². The fourth-order valence-corrected chi connectivity index (χ4v) is 5.30. The van der Waals surface area contributed by atoms with Crippen LogP contribution in [-0.2, 0) is 10.5 Å². The van der Waals surface area contributed by atoms with Gasteiger partial charge in [-0.3, -0.25) is 4.79 Å². The number of benzene rings is 3. The quantitative estimate of drug-likeness (QED) is 0.240. The van der Waals surface area contributed by atoms with Gasteiger partial charge in [-0.25, -0.2) is 9.07 Å². The Morgan fingerprint density at radius 2 is 1.87 bits per heavy atom. The van der Waals surface area contributed by atoms with Gasteiger partial charge < -0.3 is 15.4 Å². The van der Waals surface area contributed by atoms with Crippen molar-refractivity contribution in [3.8, 4) is 5.75 Å². The van der Waals surface area contributed by atoms with Crippen LogP contribution in [0.4, 0.5) is 16.0 Å². The Morgan fingerprint density at radius 1 is 1.10 bits per heavy atom. The van der Waals surface area contributed by atoms with Gasteiger partial charge in [0.05, 0.1) is 11.7 Å². The summed E-state index contributed by atoms with van der Waals surface area (Å²) >= 11 is 1.34. The van der Waals surface area contributed by atoms with Crippen LogP contribution in [0.1, 0.15) is 43.5 Å².